The number of hydrogen-bond donors (Lipinski definition) is 0. The zero-order valence-corrected chi connectivity index (χ0v) is 23.7. The van der Waals surface area contributed by atoms with Gasteiger partial charge in [0.05, 0.1) is 35.6 Å². The molecule has 0 spiro atoms. The Morgan fingerprint density at radius 1 is 0.833 bits per heavy atom. The molecule has 0 bridgehead atoms. The number of aromatic nitrogens is 2. The molecule has 0 unspecified atom stereocenters. The summed E-state index contributed by atoms with van der Waals surface area (Å²) < 4.78 is 32.8. The first-order valence-electron chi connectivity index (χ1n) is 15.4. The number of nitrogens with zero attached hydrogens (tertiary/aromatic N) is 5. The van der Waals surface area contributed by atoms with E-state index in [4.69, 9.17) is 20.4 Å². The fourth-order valence-corrected chi connectivity index (χ4v) is 5.69. The van der Waals surface area contributed by atoms with E-state index in [1.54, 1.807) is 18.2 Å². The largest absolute Gasteiger partial charge is 0.459 e. The van der Waals surface area contributed by atoms with E-state index in [0.717, 1.165) is 33.3 Å². The SMILES string of the molecule is [2H]C([2H])([2H])N1CN(c2cc([N+]#[C-])cc(Oc3ccc4c5ccccc5n(-c5cc(C(C)(C)C)ccn5)c4c3)c2)c2ccccc21. The fourth-order valence-electron chi connectivity index (χ4n) is 5.69. The fraction of sp³-hybridized carbons (Fsp3) is 0.167. The van der Waals surface area contributed by atoms with E-state index in [2.05, 4.69) is 60.5 Å². The van der Waals surface area contributed by atoms with Gasteiger partial charge in [-0.2, -0.15) is 0 Å². The van der Waals surface area contributed by atoms with Crippen LogP contribution in [0.1, 0.15) is 30.4 Å². The van der Waals surface area contributed by atoms with Crippen LogP contribution in [-0.4, -0.2) is 23.2 Å². The van der Waals surface area contributed by atoms with Gasteiger partial charge in [-0.15, -0.1) is 0 Å². The first-order valence-corrected chi connectivity index (χ1v) is 13.9. The van der Waals surface area contributed by atoms with Crippen molar-refractivity contribution in [3.63, 3.8) is 0 Å². The second kappa shape index (κ2) is 9.67. The Bertz CT molecular complexity index is 2140. The number of pyridine rings is 1. The van der Waals surface area contributed by atoms with Gasteiger partial charge in [-0.3, -0.25) is 4.57 Å². The standard InChI is InChI=1S/C36H31N5O/c1-36(2,3)24-16-17-38-35(18-24)41-31-11-7-6-10-29(31)30-15-14-27(22-34(30)41)42-28-20-25(37-4)19-26(21-28)40-23-39(5)32-12-8-9-13-33(32)40/h6-22H,23H2,1-3,5H3/i5D3. The van der Waals surface area contributed by atoms with Gasteiger partial charge in [0.2, 0.25) is 0 Å². The van der Waals surface area contributed by atoms with E-state index in [0.29, 0.717) is 28.6 Å². The summed E-state index contributed by atoms with van der Waals surface area (Å²) in [4.78, 5) is 11.8. The summed E-state index contributed by atoms with van der Waals surface area (Å²) in [6.45, 7) is 12.2. The lowest BCUT2D eigenvalue weighted by Gasteiger charge is -2.21. The van der Waals surface area contributed by atoms with E-state index in [-0.39, 0.29) is 12.1 Å². The average Bonchev–Trinajstić information content (AvgIpc) is 3.57. The number of hydrogen-bond acceptors (Lipinski definition) is 4. The molecule has 1 aliphatic heterocycles. The lowest BCUT2D eigenvalue weighted by Crippen LogP contribution is -2.23. The molecule has 0 N–H and O–H groups in total. The van der Waals surface area contributed by atoms with Crippen molar-refractivity contribution in [1.82, 2.24) is 9.55 Å². The maximum atomic E-state index is 8.06. The predicted molar refractivity (Wildman–Crippen MR) is 172 cm³/mol. The van der Waals surface area contributed by atoms with Gasteiger partial charge in [0, 0.05) is 45.9 Å². The van der Waals surface area contributed by atoms with Crippen LogP contribution in [0.25, 0.3) is 32.5 Å². The topological polar surface area (TPSA) is 37.9 Å². The summed E-state index contributed by atoms with van der Waals surface area (Å²) in [6, 6.07) is 31.2. The van der Waals surface area contributed by atoms with Crippen LogP contribution in [0, 0.1) is 6.57 Å². The van der Waals surface area contributed by atoms with Gasteiger partial charge in [-0.05, 0) is 65.6 Å². The van der Waals surface area contributed by atoms with E-state index in [9.17, 15) is 0 Å². The van der Waals surface area contributed by atoms with Crippen molar-refractivity contribution in [3.05, 3.63) is 120 Å². The molecule has 0 fully saturated rings. The number of fused-ring (bicyclic) bond motifs is 4. The van der Waals surface area contributed by atoms with Crippen molar-refractivity contribution < 1.29 is 8.85 Å². The lowest BCUT2D eigenvalue weighted by molar-refractivity contribution is 0.483. The Kier molecular flexibility index (Phi) is 5.16. The number of anilines is 3. The van der Waals surface area contributed by atoms with Crippen molar-refractivity contribution in [2.75, 3.05) is 23.4 Å². The normalized spacial score (nSPS) is 14.4. The van der Waals surface area contributed by atoms with Crippen molar-refractivity contribution in [1.29, 1.82) is 0 Å². The molecule has 0 amide bonds. The lowest BCUT2D eigenvalue weighted by atomic mass is 9.88. The molecule has 6 nitrogen and oxygen atoms in total. The number of para-hydroxylation sites is 3. The number of rotatable bonds is 4. The first-order chi connectivity index (χ1) is 21.5. The highest BCUT2D eigenvalue weighted by molar-refractivity contribution is 6.09. The molecule has 0 aliphatic carbocycles. The number of benzene rings is 4. The third-order valence-corrected chi connectivity index (χ3v) is 7.78. The van der Waals surface area contributed by atoms with E-state index >= 15 is 0 Å². The van der Waals surface area contributed by atoms with Gasteiger partial charge < -0.3 is 14.5 Å². The highest BCUT2D eigenvalue weighted by atomic mass is 16.5. The maximum Gasteiger partial charge on any atom is 0.192 e. The third-order valence-electron chi connectivity index (χ3n) is 7.78. The molecule has 2 aromatic heterocycles. The smallest absolute Gasteiger partial charge is 0.192 e. The van der Waals surface area contributed by atoms with Crippen molar-refractivity contribution in [3.8, 4) is 17.3 Å². The molecule has 7 rings (SSSR count). The summed E-state index contributed by atoms with van der Waals surface area (Å²) in [6.07, 6.45) is 1.86. The van der Waals surface area contributed by atoms with Crippen LogP contribution >= 0.6 is 0 Å². The van der Waals surface area contributed by atoms with Gasteiger partial charge in [-0.25, -0.2) is 9.83 Å². The zero-order valence-electron chi connectivity index (χ0n) is 26.7. The van der Waals surface area contributed by atoms with Crippen LogP contribution in [0.2, 0.25) is 0 Å². The molecular formula is C36H31N5O. The van der Waals surface area contributed by atoms with Crippen LogP contribution in [-0.2, 0) is 5.41 Å². The van der Waals surface area contributed by atoms with Crippen LogP contribution < -0.4 is 14.5 Å². The van der Waals surface area contributed by atoms with Crippen molar-refractivity contribution in [2.24, 2.45) is 0 Å². The first kappa shape index (κ1) is 22.4. The molecule has 3 heterocycles. The predicted octanol–water partition coefficient (Wildman–Crippen LogP) is 9.36. The van der Waals surface area contributed by atoms with Crippen molar-refractivity contribution >= 4 is 44.6 Å². The van der Waals surface area contributed by atoms with Crippen molar-refractivity contribution in [2.45, 2.75) is 26.2 Å². The molecule has 6 aromatic rings. The van der Waals surface area contributed by atoms with E-state index < -0.39 is 6.98 Å². The van der Waals surface area contributed by atoms with Crippen LogP contribution in [0.3, 0.4) is 0 Å². The quantitative estimate of drug-likeness (QED) is 0.204. The second-order valence-electron chi connectivity index (χ2n) is 11.6. The minimum Gasteiger partial charge on any atom is -0.459 e. The molecule has 42 heavy (non-hydrogen) atoms. The van der Waals surface area contributed by atoms with Gasteiger partial charge in [-0.1, -0.05) is 51.1 Å². The van der Waals surface area contributed by atoms with Gasteiger partial charge in [0.25, 0.3) is 0 Å². The Morgan fingerprint density at radius 2 is 1.62 bits per heavy atom. The minimum atomic E-state index is -2.31. The molecule has 4 aromatic carbocycles. The highest BCUT2D eigenvalue weighted by Crippen LogP contribution is 2.43. The molecule has 206 valence electrons. The molecule has 0 saturated carbocycles. The Morgan fingerprint density at radius 3 is 2.43 bits per heavy atom. The molecule has 0 radical (unpaired) electrons. The zero-order chi connectivity index (χ0) is 31.5. The molecule has 1 aliphatic rings. The summed E-state index contributed by atoms with van der Waals surface area (Å²) in [5.41, 5.74) is 5.61. The Labute approximate surface area is 250 Å². The molecule has 6 heteroatoms. The minimum absolute atomic E-state index is 0.0350. The van der Waals surface area contributed by atoms with Gasteiger partial charge >= 0.3 is 0 Å². The van der Waals surface area contributed by atoms with Gasteiger partial charge in [0.1, 0.15) is 17.3 Å². The summed E-state index contributed by atoms with van der Waals surface area (Å²) in [5.74, 6) is 1.92. The summed E-state index contributed by atoms with van der Waals surface area (Å²) in [7, 11) is 0. The van der Waals surface area contributed by atoms with Crippen LogP contribution in [0.5, 0.6) is 11.5 Å². The Hall–Kier alpha value is -5.28. The van der Waals surface area contributed by atoms with Gasteiger partial charge in [0.15, 0.2) is 5.69 Å². The third kappa shape index (κ3) is 4.31. The maximum absolute atomic E-state index is 8.06. The summed E-state index contributed by atoms with van der Waals surface area (Å²) in [5, 5.41) is 2.20. The molecule has 0 saturated heterocycles. The molecular weight excluding hydrogens is 518 g/mol. The van der Waals surface area contributed by atoms with E-state index in [1.807, 2.05) is 59.6 Å². The second-order valence-corrected chi connectivity index (χ2v) is 11.6. The van der Waals surface area contributed by atoms with Crippen LogP contribution in [0.15, 0.2) is 103 Å². The van der Waals surface area contributed by atoms with Crippen LogP contribution in [0.4, 0.5) is 22.7 Å². The Balaban J connectivity index is 1.32. The molecule has 0 atom stereocenters. The average molecular weight is 553 g/mol. The van der Waals surface area contributed by atoms with E-state index in [1.165, 1.54) is 10.5 Å². The number of ether oxygens (including phenoxy) is 1. The summed E-state index contributed by atoms with van der Waals surface area (Å²) >= 11 is 0. The highest BCUT2D eigenvalue weighted by Gasteiger charge is 2.25. The monoisotopic (exact) mass is 552 g/mol.